The second-order valence-corrected chi connectivity index (χ2v) is 3.09. The lowest BCUT2D eigenvalue weighted by Gasteiger charge is -2.06. The van der Waals surface area contributed by atoms with Crippen LogP contribution in [0.2, 0.25) is 0 Å². The number of aryl methyl sites for hydroxylation is 1. The molecule has 2 rings (SSSR count). The van der Waals surface area contributed by atoms with Crippen molar-refractivity contribution in [3.05, 3.63) is 18.2 Å². The molecular formula is C8H13N3. The number of aromatic nitrogens is 2. The summed E-state index contributed by atoms with van der Waals surface area (Å²) in [6.45, 7) is 2.22. The van der Waals surface area contributed by atoms with Gasteiger partial charge in [0.1, 0.15) is 5.82 Å². The summed E-state index contributed by atoms with van der Waals surface area (Å²) in [5.41, 5.74) is 0. The highest BCUT2D eigenvalue weighted by Crippen LogP contribution is 2.19. The lowest BCUT2D eigenvalue weighted by molar-refractivity contribution is 0.660. The van der Waals surface area contributed by atoms with E-state index in [1.807, 2.05) is 12.4 Å². The van der Waals surface area contributed by atoms with E-state index in [2.05, 4.69) is 21.9 Å². The van der Waals surface area contributed by atoms with E-state index in [9.17, 15) is 0 Å². The van der Waals surface area contributed by atoms with Crippen LogP contribution in [0.1, 0.15) is 18.2 Å². The van der Waals surface area contributed by atoms with Crippen LogP contribution in [0.25, 0.3) is 0 Å². The standard InChI is InChI=1S/C8H13N3/c1-11-5-4-10-8(11)7-2-3-9-6-7/h4-5,7,9H,2-3,6H2,1H3. The number of nitrogens with one attached hydrogen (secondary N) is 1. The Morgan fingerprint density at radius 1 is 1.73 bits per heavy atom. The third kappa shape index (κ3) is 1.16. The maximum absolute atomic E-state index is 4.32. The Bertz CT molecular complexity index is 235. The highest BCUT2D eigenvalue weighted by molar-refractivity contribution is 5.02. The predicted molar refractivity (Wildman–Crippen MR) is 43.4 cm³/mol. The Morgan fingerprint density at radius 3 is 3.18 bits per heavy atom. The van der Waals surface area contributed by atoms with Crippen LogP contribution in [0.15, 0.2) is 12.4 Å². The molecule has 0 bridgehead atoms. The summed E-state index contributed by atoms with van der Waals surface area (Å²) in [4.78, 5) is 4.32. The number of hydrogen-bond donors (Lipinski definition) is 1. The molecule has 0 aromatic carbocycles. The monoisotopic (exact) mass is 151 g/mol. The van der Waals surface area contributed by atoms with Crippen molar-refractivity contribution >= 4 is 0 Å². The van der Waals surface area contributed by atoms with E-state index in [1.54, 1.807) is 0 Å². The second-order valence-electron chi connectivity index (χ2n) is 3.09. The smallest absolute Gasteiger partial charge is 0.112 e. The molecule has 11 heavy (non-hydrogen) atoms. The SMILES string of the molecule is Cn1ccnc1C1CCNC1. The van der Waals surface area contributed by atoms with Crippen LogP contribution < -0.4 is 5.32 Å². The Morgan fingerprint density at radius 2 is 2.64 bits per heavy atom. The molecule has 1 aliphatic rings. The molecule has 1 N–H and O–H groups in total. The molecule has 1 aromatic rings. The van der Waals surface area contributed by atoms with E-state index in [0.29, 0.717) is 5.92 Å². The quantitative estimate of drug-likeness (QED) is 0.633. The lowest BCUT2D eigenvalue weighted by Crippen LogP contribution is -2.10. The molecule has 60 valence electrons. The van der Waals surface area contributed by atoms with Crippen molar-refractivity contribution in [3.8, 4) is 0 Å². The average molecular weight is 151 g/mol. The van der Waals surface area contributed by atoms with E-state index >= 15 is 0 Å². The largest absolute Gasteiger partial charge is 0.338 e. The minimum Gasteiger partial charge on any atom is -0.338 e. The number of imidazole rings is 1. The molecule has 1 saturated heterocycles. The fraction of sp³-hybridized carbons (Fsp3) is 0.625. The summed E-state index contributed by atoms with van der Waals surface area (Å²) in [5, 5.41) is 3.33. The molecule has 0 amide bonds. The van der Waals surface area contributed by atoms with Gasteiger partial charge in [-0.15, -0.1) is 0 Å². The number of rotatable bonds is 1. The van der Waals surface area contributed by atoms with Gasteiger partial charge in [-0.05, 0) is 13.0 Å². The fourth-order valence-electron chi connectivity index (χ4n) is 1.65. The Balaban J connectivity index is 2.21. The second kappa shape index (κ2) is 2.66. The van der Waals surface area contributed by atoms with Crippen LogP contribution in [0.3, 0.4) is 0 Å². The van der Waals surface area contributed by atoms with E-state index in [4.69, 9.17) is 0 Å². The lowest BCUT2D eigenvalue weighted by atomic mass is 10.1. The molecule has 0 aliphatic carbocycles. The van der Waals surface area contributed by atoms with Gasteiger partial charge >= 0.3 is 0 Å². The van der Waals surface area contributed by atoms with Gasteiger partial charge < -0.3 is 9.88 Å². The van der Waals surface area contributed by atoms with Gasteiger partial charge in [0, 0.05) is 31.9 Å². The van der Waals surface area contributed by atoms with Crippen LogP contribution in [0, 0.1) is 0 Å². The van der Waals surface area contributed by atoms with Crippen LogP contribution in [-0.4, -0.2) is 22.6 Å². The molecule has 1 aromatic heterocycles. The van der Waals surface area contributed by atoms with E-state index in [0.717, 1.165) is 13.1 Å². The number of nitrogens with zero attached hydrogens (tertiary/aromatic N) is 2. The van der Waals surface area contributed by atoms with E-state index in [1.165, 1.54) is 12.2 Å². The predicted octanol–water partition coefficient (Wildman–Crippen LogP) is 0.497. The van der Waals surface area contributed by atoms with Gasteiger partial charge in [-0.1, -0.05) is 0 Å². The Kier molecular flexibility index (Phi) is 1.66. The third-order valence-electron chi connectivity index (χ3n) is 2.28. The molecule has 1 aliphatic heterocycles. The highest BCUT2D eigenvalue weighted by atomic mass is 15.1. The maximum Gasteiger partial charge on any atom is 0.112 e. The summed E-state index contributed by atoms with van der Waals surface area (Å²) in [5.74, 6) is 1.85. The Hall–Kier alpha value is -0.830. The van der Waals surface area contributed by atoms with Gasteiger partial charge in [-0.25, -0.2) is 4.98 Å². The van der Waals surface area contributed by atoms with Crippen LogP contribution in [0.5, 0.6) is 0 Å². The van der Waals surface area contributed by atoms with Gasteiger partial charge in [0.05, 0.1) is 0 Å². The van der Waals surface area contributed by atoms with Gasteiger partial charge in [0.2, 0.25) is 0 Å². The molecule has 1 fully saturated rings. The van der Waals surface area contributed by atoms with Crippen molar-refractivity contribution in [2.24, 2.45) is 7.05 Å². The molecule has 0 spiro atoms. The number of hydrogen-bond acceptors (Lipinski definition) is 2. The van der Waals surface area contributed by atoms with Crippen molar-refractivity contribution in [2.75, 3.05) is 13.1 Å². The van der Waals surface area contributed by atoms with Crippen molar-refractivity contribution in [1.82, 2.24) is 14.9 Å². The molecule has 3 heteroatoms. The summed E-state index contributed by atoms with van der Waals surface area (Å²) in [6, 6.07) is 0. The summed E-state index contributed by atoms with van der Waals surface area (Å²) in [6.07, 6.45) is 5.10. The summed E-state index contributed by atoms with van der Waals surface area (Å²) in [7, 11) is 2.06. The first-order valence-corrected chi connectivity index (χ1v) is 4.06. The third-order valence-corrected chi connectivity index (χ3v) is 2.28. The van der Waals surface area contributed by atoms with Crippen molar-refractivity contribution in [1.29, 1.82) is 0 Å². The summed E-state index contributed by atoms with van der Waals surface area (Å²) < 4.78 is 2.11. The average Bonchev–Trinajstić information content (AvgIpc) is 2.55. The van der Waals surface area contributed by atoms with Gasteiger partial charge in [-0.3, -0.25) is 0 Å². The van der Waals surface area contributed by atoms with E-state index in [-0.39, 0.29) is 0 Å². The molecule has 3 nitrogen and oxygen atoms in total. The highest BCUT2D eigenvalue weighted by Gasteiger charge is 2.19. The zero-order valence-corrected chi connectivity index (χ0v) is 6.75. The first-order valence-electron chi connectivity index (χ1n) is 4.06. The zero-order chi connectivity index (χ0) is 7.68. The Labute approximate surface area is 66.4 Å². The maximum atomic E-state index is 4.32. The van der Waals surface area contributed by atoms with Crippen molar-refractivity contribution < 1.29 is 0 Å². The first-order chi connectivity index (χ1) is 5.38. The molecule has 1 atom stereocenters. The van der Waals surface area contributed by atoms with E-state index < -0.39 is 0 Å². The normalized spacial score (nSPS) is 24.3. The molecule has 2 heterocycles. The molecule has 0 radical (unpaired) electrons. The summed E-state index contributed by atoms with van der Waals surface area (Å²) >= 11 is 0. The first kappa shape index (κ1) is 6.85. The van der Waals surface area contributed by atoms with Gasteiger partial charge in [0.25, 0.3) is 0 Å². The molecule has 0 saturated carbocycles. The van der Waals surface area contributed by atoms with Crippen LogP contribution >= 0.6 is 0 Å². The van der Waals surface area contributed by atoms with Crippen molar-refractivity contribution in [3.63, 3.8) is 0 Å². The van der Waals surface area contributed by atoms with Crippen LogP contribution in [0.4, 0.5) is 0 Å². The molecular weight excluding hydrogens is 138 g/mol. The topological polar surface area (TPSA) is 29.9 Å². The van der Waals surface area contributed by atoms with Gasteiger partial charge in [-0.2, -0.15) is 0 Å². The van der Waals surface area contributed by atoms with Crippen LogP contribution in [-0.2, 0) is 7.05 Å². The molecule has 1 unspecified atom stereocenters. The minimum absolute atomic E-state index is 0.634. The fourth-order valence-corrected chi connectivity index (χ4v) is 1.65. The zero-order valence-electron chi connectivity index (χ0n) is 6.75. The van der Waals surface area contributed by atoms with Crippen molar-refractivity contribution in [2.45, 2.75) is 12.3 Å². The minimum atomic E-state index is 0.634. The van der Waals surface area contributed by atoms with Gasteiger partial charge in [0.15, 0.2) is 0 Å².